The number of carbonyl (C=O) groups excluding carboxylic acids is 1. The summed E-state index contributed by atoms with van der Waals surface area (Å²) in [5.74, 6) is 0.687. The van der Waals surface area contributed by atoms with Gasteiger partial charge in [-0.15, -0.1) is 5.10 Å². The van der Waals surface area contributed by atoms with E-state index < -0.39 is 0 Å². The van der Waals surface area contributed by atoms with Crippen molar-refractivity contribution in [2.24, 2.45) is 5.92 Å². The van der Waals surface area contributed by atoms with Crippen molar-refractivity contribution in [2.45, 2.75) is 39.2 Å². The molecule has 0 spiro atoms. The van der Waals surface area contributed by atoms with Crippen LogP contribution in [0.5, 0.6) is 0 Å². The number of fused-ring (bicyclic) bond motifs is 1. The summed E-state index contributed by atoms with van der Waals surface area (Å²) in [6.45, 7) is 4.66. The van der Waals surface area contributed by atoms with Gasteiger partial charge in [0.1, 0.15) is 0 Å². The predicted octanol–water partition coefficient (Wildman–Crippen LogP) is 3.26. The summed E-state index contributed by atoms with van der Waals surface area (Å²) in [6.07, 6.45) is 8.07. The van der Waals surface area contributed by atoms with Crippen molar-refractivity contribution in [1.29, 1.82) is 0 Å². The first-order valence-corrected chi connectivity index (χ1v) is 9.48. The van der Waals surface area contributed by atoms with Crippen LogP contribution >= 0.6 is 0 Å². The lowest BCUT2D eigenvalue weighted by Crippen LogP contribution is -2.39. The minimum atomic E-state index is 0.130. The van der Waals surface area contributed by atoms with Crippen molar-refractivity contribution in [3.63, 3.8) is 0 Å². The molecule has 1 fully saturated rings. The van der Waals surface area contributed by atoms with Crippen molar-refractivity contribution in [1.82, 2.24) is 24.9 Å². The van der Waals surface area contributed by atoms with Crippen LogP contribution in [0.15, 0.2) is 36.7 Å². The highest BCUT2D eigenvalue weighted by Gasteiger charge is 2.24. The molecule has 0 atom stereocenters. The molecule has 4 rings (SSSR count). The molecule has 0 saturated carbocycles. The number of nitrogens with zero attached hydrogens (tertiary/aromatic N) is 4. The van der Waals surface area contributed by atoms with E-state index in [1.807, 2.05) is 40.0 Å². The van der Waals surface area contributed by atoms with E-state index in [-0.39, 0.29) is 5.91 Å². The minimum absolute atomic E-state index is 0.130. The molecule has 1 aliphatic rings. The topological polar surface area (TPSA) is 66.8 Å². The summed E-state index contributed by atoms with van der Waals surface area (Å²) in [7, 11) is 0. The Kier molecular flexibility index (Phi) is 4.73. The number of aromatic amines is 1. The monoisotopic (exact) mass is 351 g/mol. The number of aromatic nitrogens is 4. The molecule has 0 radical (unpaired) electrons. The molecule has 0 bridgehead atoms. The molecule has 3 aromatic rings. The summed E-state index contributed by atoms with van der Waals surface area (Å²) in [6, 6.07) is 7.90. The normalized spacial score (nSPS) is 15.7. The standard InChI is InChI=1S/C20H25N5O/c1-2-3-18-14-25(23-22-18)13-15-7-10-24(11-8-15)20(26)17-5-4-16-6-9-21-19(16)12-17/h4-6,9,12,14-15,21H,2-3,7-8,10-11,13H2,1H3. The van der Waals surface area contributed by atoms with Gasteiger partial charge in [0.05, 0.1) is 5.69 Å². The molecule has 1 aliphatic heterocycles. The fraction of sp³-hybridized carbons (Fsp3) is 0.450. The highest BCUT2D eigenvalue weighted by molar-refractivity contribution is 5.97. The summed E-state index contributed by atoms with van der Waals surface area (Å²) in [5.41, 5.74) is 2.85. The number of piperidine rings is 1. The Morgan fingerprint density at radius 3 is 2.92 bits per heavy atom. The lowest BCUT2D eigenvalue weighted by Gasteiger charge is -2.32. The molecule has 3 heterocycles. The van der Waals surface area contributed by atoms with Crippen LogP contribution in [0.2, 0.25) is 0 Å². The Morgan fingerprint density at radius 1 is 1.27 bits per heavy atom. The van der Waals surface area contributed by atoms with E-state index in [0.29, 0.717) is 5.92 Å². The van der Waals surface area contributed by atoms with E-state index in [4.69, 9.17) is 0 Å². The van der Waals surface area contributed by atoms with E-state index >= 15 is 0 Å². The number of hydrogen-bond acceptors (Lipinski definition) is 3. The van der Waals surface area contributed by atoms with Gasteiger partial charge in [-0.25, -0.2) is 0 Å². The Labute approximate surface area is 153 Å². The molecule has 2 aromatic heterocycles. The van der Waals surface area contributed by atoms with Crippen molar-refractivity contribution < 1.29 is 4.79 Å². The van der Waals surface area contributed by atoms with Crippen LogP contribution in [0.4, 0.5) is 0 Å². The number of hydrogen-bond donors (Lipinski definition) is 1. The van der Waals surface area contributed by atoms with Crippen molar-refractivity contribution in [2.75, 3.05) is 13.1 Å². The Bertz CT molecular complexity index is 888. The number of nitrogens with one attached hydrogen (secondary N) is 1. The van der Waals surface area contributed by atoms with Gasteiger partial charge in [-0.2, -0.15) is 0 Å². The zero-order valence-corrected chi connectivity index (χ0v) is 15.2. The van der Waals surface area contributed by atoms with Gasteiger partial charge in [-0.3, -0.25) is 9.48 Å². The first kappa shape index (κ1) is 16.8. The molecule has 1 aromatic carbocycles. The molecule has 6 nitrogen and oxygen atoms in total. The number of likely N-dealkylation sites (tertiary alicyclic amines) is 1. The van der Waals surface area contributed by atoms with Gasteiger partial charge < -0.3 is 9.88 Å². The molecule has 0 unspecified atom stereocenters. The maximum Gasteiger partial charge on any atom is 0.253 e. The van der Waals surface area contributed by atoms with Crippen LogP contribution in [0.3, 0.4) is 0 Å². The van der Waals surface area contributed by atoms with Gasteiger partial charge in [-0.1, -0.05) is 24.6 Å². The quantitative estimate of drug-likeness (QED) is 0.767. The zero-order valence-electron chi connectivity index (χ0n) is 15.2. The maximum absolute atomic E-state index is 12.8. The summed E-state index contributed by atoms with van der Waals surface area (Å²) < 4.78 is 1.96. The predicted molar refractivity (Wildman–Crippen MR) is 101 cm³/mol. The average molecular weight is 351 g/mol. The number of benzene rings is 1. The molecule has 1 amide bonds. The molecule has 1 N–H and O–H groups in total. The third kappa shape index (κ3) is 3.49. The fourth-order valence-electron chi connectivity index (χ4n) is 3.75. The second-order valence-electron chi connectivity index (χ2n) is 7.20. The van der Waals surface area contributed by atoms with E-state index in [0.717, 1.165) is 67.5 Å². The molecule has 6 heteroatoms. The largest absolute Gasteiger partial charge is 0.361 e. The fourth-order valence-corrected chi connectivity index (χ4v) is 3.75. The zero-order chi connectivity index (χ0) is 17.9. The third-order valence-corrected chi connectivity index (χ3v) is 5.24. The van der Waals surface area contributed by atoms with E-state index in [1.54, 1.807) is 0 Å². The highest BCUT2D eigenvalue weighted by Crippen LogP contribution is 2.22. The van der Waals surface area contributed by atoms with Crippen LogP contribution in [0, 0.1) is 5.92 Å². The third-order valence-electron chi connectivity index (χ3n) is 5.24. The van der Waals surface area contributed by atoms with E-state index in [1.165, 1.54) is 0 Å². The Morgan fingerprint density at radius 2 is 2.12 bits per heavy atom. The van der Waals surface area contributed by atoms with Crippen LogP contribution in [-0.2, 0) is 13.0 Å². The summed E-state index contributed by atoms with van der Waals surface area (Å²) >= 11 is 0. The van der Waals surface area contributed by atoms with Crippen molar-refractivity contribution >= 4 is 16.8 Å². The molecule has 136 valence electrons. The summed E-state index contributed by atoms with van der Waals surface area (Å²) in [5, 5.41) is 9.59. The van der Waals surface area contributed by atoms with Crippen LogP contribution in [0.25, 0.3) is 10.9 Å². The number of H-pyrrole nitrogens is 1. The van der Waals surface area contributed by atoms with Crippen molar-refractivity contribution in [3.8, 4) is 0 Å². The van der Waals surface area contributed by atoms with Gasteiger partial charge >= 0.3 is 0 Å². The van der Waals surface area contributed by atoms with Gasteiger partial charge in [0.15, 0.2) is 0 Å². The Hall–Kier alpha value is -2.63. The van der Waals surface area contributed by atoms with Crippen LogP contribution < -0.4 is 0 Å². The van der Waals surface area contributed by atoms with E-state index in [9.17, 15) is 4.79 Å². The molecule has 26 heavy (non-hydrogen) atoms. The van der Waals surface area contributed by atoms with Crippen molar-refractivity contribution in [3.05, 3.63) is 47.9 Å². The highest BCUT2D eigenvalue weighted by atomic mass is 16.2. The Balaban J connectivity index is 1.34. The molecule has 0 aliphatic carbocycles. The van der Waals surface area contributed by atoms with Gasteiger partial charge in [0.25, 0.3) is 5.91 Å². The SMILES string of the molecule is CCCc1cn(CC2CCN(C(=O)c3ccc4cc[nH]c4c3)CC2)nn1. The molecule has 1 saturated heterocycles. The average Bonchev–Trinajstić information content (AvgIpc) is 3.30. The number of aryl methyl sites for hydroxylation is 1. The lowest BCUT2D eigenvalue weighted by molar-refractivity contribution is 0.0681. The number of rotatable bonds is 5. The van der Waals surface area contributed by atoms with Gasteiger partial charge in [-0.05, 0) is 48.8 Å². The van der Waals surface area contributed by atoms with Crippen LogP contribution in [-0.4, -0.2) is 43.9 Å². The van der Waals surface area contributed by atoms with Crippen LogP contribution in [0.1, 0.15) is 42.2 Å². The lowest BCUT2D eigenvalue weighted by atomic mass is 9.96. The van der Waals surface area contributed by atoms with Gasteiger partial charge in [0.2, 0.25) is 0 Å². The smallest absolute Gasteiger partial charge is 0.253 e. The van der Waals surface area contributed by atoms with E-state index in [2.05, 4.69) is 28.4 Å². The maximum atomic E-state index is 12.8. The first-order valence-electron chi connectivity index (χ1n) is 9.48. The molecular formula is C20H25N5O. The second kappa shape index (κ2) is 7.32. The first-order chi connectivity index (χ1) is 12.7. The summed E-state index contributed by atoms with van der Waals surface area (Å²) in [4.78, 5) is 17.9. The molecular weight excluding hydrogens is 326 g/mol. The minimum Gasteiger partial charge on any atom is -0.361 e. The number of amides is 1. The second-order valence-corrected chi connectivity index (χ2v) is 7.20. The van der Waals surface area contributed by atoms with Gasteiger partial charge in [0, 0.05) is 43.1 Å². The number of carbonyl (C=O) groups is 1.